The van der Waals surface area contributed by atoms with Crippen LogP contribution in [0.15, 0.2) is 32.0 Å². The number of nitrogens with one attached hydrogen (secondary N) is 1. The molecule has 2 saturated heterocycles. The molecule has 2 fully saturated rings. The number of piperidine rings is 1. The Labute approximate surface area is 136 Å². The number of halogens is 2. The summed E-state index contributed by atoms with van der Waals surface area (Å²) in [5, 5.41) is 3.43. The van der Waals surface area contributed by atoms with Gasteiger partial charge < -0.3 is 5.32 Å². The quantitative estimate of drug-likeness (QED) is 0.795. The molecule has 1 aromatic carbocycles. The number of benzene rings is 1. The van der Waals surface area contributed by atoms with Crippen LogP contribution in [0.3, 0.4) is 0 Å². The fourth-order valence-corrected chi connectivity index (χ4v) is 6.00. The highest BCUT2D eigenvalue weighted by molar-refractivity contribution is 9.11. The SMILES string of the molecule is O=S(=O)(c1cc(Br)ccc1Br)N1CC2CCCNC2C1. The average molecular weight is 424 g/mol. The summed E-state index contributed by atoms with van der Waals surface area (Å²) in [5.41, 5.74) is 0. The summed E-state index contributed by atoms with van der Waals surface area (Å²) in [6.07, 6.45) is 2.25. The van der Waals surface area contributed by atoms with Gasteiger partial charge in [-0.05, 0) is 59.4 Å². The van der Waals surface area contributed by atoms with E-state index >= 15 is 0 Å². The number of hydrogen-bond acceptors (Lipinski definition) is 3. The van der Waals surface area contributed by atoms with E-state index in [0.29, 0.717) is 34.4 Å². The van der Waals surface area contributed by atoms with E-state index < -0.39 is 10.0 Å². The lowest BCUT2D eigenvalue weighted by molar-refractivity contribution is 0.339. The number of hydrogen-bond donors (Lipinski definition) is 1. The van der Waals surface area contributed by atoms with Gasteiger partial charge in [-0.3, -0.25) is 0 Å². The molecule has 2 unspecified atom stereocenters. The van der Waals surface area contributed by atoms with Gasteiger partial charge in [-0.1, -0.05) is 15.9 Å². The summed E-state index contributed by atoms with van der Waals surface area (Å²) < 4.78 is 28.6. The molecule has 1 aromatic rings. The normalized spacial score (nSPS) is 27.5. The van der Waals surface area contributed by atoms with Gasteiger partial charge in [0, 0.05) is 28.1 Å². The van der Waals surface area contributed by atoms with E-state index in [4.69, 9.17) is 0 Å². The van der Waals surface area contributed by atoms with Gasteiger partial charge in [0.1, 0.15) is 0 Å². The number of sulfonamides is 1. The van der Waals surface area contributed by atoms with Crippen molar-refractivity contribution in [3.8, 4) is 0 Å². The fourth-order valence-electron chi connectivity index (χ4n) is 3.02. The third-order valence-corrected chi connectivity index (χ3v) is 7.40. The van der Waals surface area contributed by atoms with Crippen molar-refractivity contribution in [2.45, 2.75) is 23.8 Å². The second kappa shape index (κ2) is 5.68. The Bertz CT molecular complexity index is 607. The lowest BCUT2D eigenvalue weighted by Gasteiger charge is -2.24. The molecule has 2 atom stereocenters. The van der Waals surface area contributed by atoms with Crippen LogP contribution in [0, 0.1) is 5.92 Å². The molecule has 7 heteroatoms. The molecule has 0 bridgehead atoms. The molecule has 0 radical (unpaired) electrons. The van der Waals surface area contributed by atoms with E-state index in [1.54, 1.807) is 16.4 Å². The molecular formula is C13H16Br2N2O2S. The highest BCUT2D eigenvalue weighted by Gasteiger charge is 2.40. The van der Waals surface area contributed by atoms with Crippen LogP contribution < -0.4 is 5.32 Å². The van der Waals surface area contributed by atoms with Crippen molar-refractivity contribution in [3.05, 3.63) is 27.1 Å². The van der Waals surface area contributed by atoms with Crippen molar-refractivity contribution in [1.82, 2.24) is 9.62 Å². The first-order chi connectivity index (χ1) is 9.48. The van der Waals surface area contributed by atoms with Crippen LogP contribution in [0.1, 0.15) is 12.8 Å². The molecule has 3 rings (SSSR count). The summed E-state index contributed by atoms with van der Waals surface area (Å²) in [6, 6.07) is 5.56. The van der Waals surface area contributed by atoms with E-state index in [2.05, 4.69) is 37.2 Å². The molecule has 110 valence electrons. The molecule has 0 spiro atoms. The third kappa shape index (κ3) is 2.70. The Morgan fingerprint density at radius 1 is 1.25 bits per heavy atom. The zero-order valence-electron chi connectivity index (χ0n) is 10.9. The maximum Gasteiger partial charge on any atom is 0.244 e. The first-order valence-electron chi connectivity index (χ1n) is 6.67. The number of nitrogens with zero attached hydrogens (tertiary/aromatic N) is 1. The summed E-state index contributed by atoms with van der Waals surface area (Å²) in [5.74, 6) is 0.449. The summed E-state index contributed by atoms with van der Waals surface area (Å²) in [7, 11) is -3.43. The molecule has 4 nitrogen and oxygen atoms in total. The first-order valence-corrected chi connectivity index (χ1v) is 9.69. The Kier molecular flexibility index (Phi) is 4.25. The van der Waals surface area contributed by atoms with Crippen molar-refractivity contribution < 1.29 is 8.42 Å². The molecular weight excluding hydrogens is 408 g/mol. The fraction of sp³-hybridized carbons (Fsp3) is 0.538. The molecule has 20 heavy (non-hydrogen) atoms. The molecule has 2 aliphatic rings. The van der Waals surface area contributed by atoms with Gasteiger partial charge in [-0.25, -0.2) is 8.42 Å². The van der Waals surface area contributed by atoms with E-state index in [1.807, 2.05) is 6.07 Å². The Hall–Kier alpha value is 0.0500. The van der Waals surface area contributed by atoms with Crippen LogP contribution in [0.25, 0.3) is 0 Å². The van der Waals surface area contributed by atoms with Gasteiger partial charge in [0.05, 0.1) is 4.90 Å². The number of fused-ring (bicyclic) bond motifs is 1. The maximum absolute atomic E-state index is 12.8. The standard InChI is InChI=1S/C13H16Br2N2O2S/c14-10-3-4-11(15)13(6-10)20(18,19)17-7-9-2-1-5-16-12(9)8-17/h3-4,6,9,12,16H,1-2,5,7-8H2. The lowest BCUT2D eigenvalue weighted by atomic mass is 9.94. The molecule has 0 amide bonds. The van der Waals surface area contributed by atoms with Gasteiger partial charge in [0.25, 0.3) is 0 Å². The van der Waals surface area contributed by atoms with Crippen LogP contribution >= 0.6 is 31.9 Å². The third-order valence-electron chi connectivity index (χ3n) is 4.08. The molecule has 0 saturated carbocycles. The number of rotatable bonds is 2. The van der Waals surface area contributed by atoms with Gasteiger partial charge in [0.15, 0.2) is 0 Å². The summed E-state index contributed by atoms with van der Waals surface area (Å²) in [6.45, 7) is 2.19. The van der Waals surface area contributed by atoms with E-state index in [1.165, 1.54) is 0 Å². The molecule has 2 heterocycles. The molecule has 0 aromatic heterocycles. The second-order valence-electron chi connectivity index (χ2n) is 5.36. The Morgan fingerprint density at radius 2 is 2.05 bits per heavy atom. The van der Waals surface area contributed by atoms with Crippen molar-refractivity contribution in [3.63, 3.8) is 0 Å². The van der Waals surface area contributed by atoms with Crippen LogP contribution in [0.2, 0.25) is 0 Å². The highest BCUT2D eigenvalue weighted by Crippen LogP contribution is 2.33. The maximum atomic E-state index is 12.8. The lowest BCUT2D eigenvalue weighted by Crippen LogP contribution is -2.41. The largest absolute Gasteiger partial charge is 0.312 e. The predicted octanol–water partition coefficient (Wildman–Crippen LogP) is 2.58. The van der Waals surface area contributed by atoms with Crippen LogP contribution in [0.4, 0.5) is 0 Å². The monoisotopic (exact) mass is 422 g/mol. The average Bonchev–Trinajstić information content (AvgIpc) is 2.86. The molecule has 1 N–H and O–H groups in total. The van der Waals surface area contributed by atoms with Gasteiger partial charge in [-0.15, -0.1) is 0 Å². The second-order valence-corrected chi connectivity index (χ2v) is 9.04. The van der Waals surface area contributed by atoms with Crippen molar-refractivity contribution in [2.75, 3.05) is 19.6 Å². The van der Waals surface area contributed by atoms with Gasteiger partial charge >= 0.3 is 0 Å². The minimum atomic E-state index is -3.43. The molecule has 0 aliphatic carbocycles. The zero-order valence-corrected chi connectivity index (χ0v) is 14.8. The van der Waals surface area contributed by atoms with Crippen molar-refractivity contribution in [2.24, 2.45) is 5.92 Å². The van der Waals surface area contributed by atoms with E-state index in [0.717, 1.165) is 23.9 Å². The van der Waals surface area contributed by atoms with Gasteiger partial charge in [-0.2, -0.15) is 4.31 Å². The Morgan fingerprint density at radius 3 is 2.80 bits per heavy atom. The van der Waals surface area contributed by atoms with Crippen LogP contribution in [-0.2, 0) is 10.0 Å². The van der Waals surface area contributed by atoms with Crippen LogP contribution in [-0.4, -0.2) is 38.4 Å². The van der Waals surface area contributed by atoms with Gasteiger partial charge in [0.2, 0.25) is 10.0 Å². The van der Waals surface area contributed by atoms with Crippen LogP contribution in [0.5, 0.6) is 0 Å². The first kappa shape index (κ1) is 15.0. The van der Waals surface area contributed by atoms with Crippen molar-refractivity contribution in [1.29, 1.82) is 0 Å². The van der Waals surface area contributed by atoms with E-state index in [-0.39, 0.29) is 0 Å². The van der Waals surface area contributed by atoms with Crippen molar-refractivity contribution >= 4 is 41.9 Å². The highest BCUT2D eigenvalue weighted by atomic mass is 79.9. The summed E-state index contributed by atoms with van der Waals surface area (Å²) in [4.78, 5) is 0.338. The predicted molar refractivity (Wildman–Crippen MR) is 85.1 cm³/mol. The smallest absolute Gasteiger partial charge is 0.244 e. The van der Waals surface area contributed by atoms with E-state index in [9.17, 15) is 8.42 Å². The Balaban J connectivity index is 1.91. The minimum absolute atomic E-state index is 0.310. The zero-order chi connectivity index (χ0) is 14.3. The molecule has 2 aliphatic heterocycles. The topological polar surface area (TPSA) is 49.4 Å². The minimum Gasteiger partial charge on any atom is -0.312 e. The summed E-state index contributed by atoms with van der Waals surface area (Å²) >= 11 is 6.69.